The Morgan fingerprint density at radius 1 is 0.933 bits per heavy atom. The molecule has 0 saturated heterocycles. The fourth-order valence-corrected chi connectivity index (χ4v) is 4.27. The third kappa shape index (κ3) is 2.50. The van der Waals surface area contributed by atoms with Gasteiger partial charge in [0.05, 0.1) is 37.1 Å². The number of carbonyl (C=O) groups excluding carboxylic acids is 1. The van der Waals surface area contributed by atoms with E-state index < -0.39 is 0 Å². The molecule has 1 aliphatic carbocycles. The number of ketones is 1. The van der Waals surface area contributed by atoms with Crippen LogP contribution in [0.4, 0.5) is 0 Å². The third-order valence-corrected chi connectivity index (χ3v) is 5.60. The molecule has 150 valence electrons. The molecule has 0 atom stereocenters. The lowest BCUT2D eigenvalue weighted by molar-refractivity contribution is 0.104. The number of benzene rings is 2. The summed E-state index contributed by atoms with van der Waals surface area (Å²) in [7, 11) is 3.02. The van der Waals surface area contributed by atoms with Gasteiger partial charge in [0.15, 0.2) is 17.3 Å². The average Bonchev–Trinajstić information content (AvgIpc) is 3.40. The number of fused-ring (bicyclic) bond motifs is 5. The van der Waals surface area contributed by atoms with E-state index in [0.29, 0.717) is 52.1 Å². The molecule has 1 aliphatic rings. The largest absolute Gasteiger partial charge is 0.493 e. The second-order valence-corrected chi connectivity index (χ2v) is 7.11. The highest BCUT2D eigenvalue weighted by atomic mass is 16.5. The molecule has 30 heavy (non-hydrogen) atoms. The summed E-state index contributed by atoms with van der Waals surface area (Å²) in [5.41, 5.74) is 2.31. The van der Waals surface area contributed by atoms with Crippen molar-refractivity contribution in [3.05, 3.63) is 82.0 Å². The quantitative estimate of drug-likeness (QED) is 0.444. The number of carbonyl (C=O) groups is 1. The summed E-state index contributed by atoms with van der Waals surface area (Å²) >= 11 is 0. The van der Waals surface area contributed by atoms with E-state index in [1.807, 2.05) is 30.3 Å². The maximum Gasteiger partial charge on any atom is 0.262 e. The van der Waals surface area contributed by atoms with Crippen molar-refractivity contribution in [1.82, 2.24) is 4.57 Å². The third-order valence-electron chi connectivity index (χ3n) is 5.60. The second-order valence-electron chi connectivity index (χ2n) is 7.11. The number of methoxy groups -OCH3 is 2. The second kappa shape index (κ2) is 6.91. The van der Waals surface area contributed by atoms with Crippen LogP contribution in [0.2, 0.25) is 0 Å². The Kier molecular flexibility index (Phi) is 4.20. The Morgan fingerprint density at radius 3 is 2.43 bits per heavy atom. The van der Waals surface area contributed by atoms with Crippen LogP contribution in [-0.2, 0) is 13.0 Å². The van der Waals surface area contributed by atoms with Crippen LogP contribution in [0.3, 0.4) is 0 Å². The maximum absolute atomic E-state index is 13.7. The monoisotopic (exact) mass is 401 g/mol. The van der Waals surface area contributed by atoms with Crippen molar-refractivity contribution in [2.24, 2.45) is 0 Å². The first kappa shape index (κ1) is 18.2. The van der Waals surface area contributed by atoms with Crippen LogP contribution < -0.4 is 15.0 Å². The van der Waals surface area contributed by atoms with E-state index in [4.69, 9.17) is 13.9 Å². The molecular weight excluding hydrogens is 382 g/mol. The highest BCUT2D eigenvalue weighted by molar-refractivity contribution is 6.27. The van der Waals surface area contributed by atoms with Crippen LogP contribution >= 0.6 is 0 Å². The molecule has 0 unspecified atom stereocenters. The molecule has 0 N–H and O–H groups in total. The van der Waals surface area contributed by atoms with Crippen LogP contribution in [0.15, 0.2) is 64.0 Å². The van der Waals surface area contributed by atoms with E-state index in [2.05, 4.69) is 0 Å². The fourth-order valence-electron chi connectivity index (χ4n) is 4.27. The van der Waals surface area contributed by atoms with Gasteiger partial charge in [0.1, 0.15) is 5.76 Å². The number of aryl methyl sites for hydroxylation is 1. The smallest absolute Gasteiger partial charge is 0.262 e. The molecule has 0 spiro atoms. The molecule has 6 nitrogen and oxygen atoms in total. The van der Waals surface area contributed by atoms with Crippen molar-refractivity contribution in [1.29, 1.82) is 0 Å². The van der Waals surface area contributed by atoms with Gasteiger partial charge < -0.3 is 18.5 Å². The van der Waals surface area contributed by atoms with Crippen LogP contribution in [0.25, 0.3) is 22.0 Å². The van der Waals surface area contributed by atoms with Crippen molar-refractivity contribution in [2.75, 3.05) is 14.2 Å². The average molecular weight is 401 g/mol. The summed E-state index contributed by atoms with van der Waals surface area (Å²) in [5.74, 6) is 1.46. The topological polar surface area (TPSA) is 70.7 Å². The van der Waals surface area contributed by atoms with Gasteiger partial charge in [0.2, 0.25) is 0 Å². The highest BCUT2D eigenvalue weighted by Gasteiger charge is 2.33. The Hall–Kier alpha value is -3.80. The van der Waals surface area contributed by atoms with E-state index in [1.165, 1.54) is 14.2 Å². The first-order chi connectivity index (χ1) is 14.7. The molecule has 0 aliphatic heterocycles. The molecule has 0 radical (unpaired) electrons. The van der Waals surface area contributed by atoms with Gasteiger partial charge in [0.25, 0.3) is 5.56 Å². The van der Waals surface area contributed by atoms with Gasteiger partial charge in [-0.3, -0.25) is 9.59 Å². The summed E-state index contributed by atoms with van der Waals surface area (Å²) in [5, 5.41) is 0.916. The standard InChI is InChI=1S/C24H19NO5/c1-28-18-10-9-17-19-21(15-7-3-4-8-16(15)22(19)26)25(12-11-14-6-5-13-30-14)24(27)20(17)23(18)29-2/h3-10,13H,11-12H2,1-2H3. The SMILES string of the molecule is COc1ccc2c3c(n(CCc4ccco4)c(=O)c2c1OC)-c1ccccc1C3=O. The van der Waals surface area contributed by atoms with E-state index in [0.717, 1.165) is 11.3 Å². The molecule has 4 aromatic rings. The zero-order valence-electron chi connectivity index (χ0n) is 16.6. The number of pyridine rings is 1. The van der Waals surface area contributed by atoms with Gasteiger partial charge in [-0.15, -0.1) is 0 Å². The van der Waals surface area contributed by atoms with E-state index in [9.17, 15) is 9.59 Å². The molecule has 0 bridgehead atoms. The number of ether oxygens (including phenoxy) is 2. The summed E-state index contributed by atoms with van der Waals surface area (Å²) in [4.78, 5) is 27.0. The van der Waals surface area contributed by atoms with Gasteiger partial charge >= 0.3 is 0 Å². The van der Waals surface area contributed by atoms with Gasteiger partial charge in [-0.25, -0.2) is 0 Å². The maximum atomic E-state index is 13.7. The summed E-state index contributed by atoms with van der Waals surface area (Å²) < 4.78 is 18.0. The highest BCUT2D eigenvalue weighted by Crippen LogP contribution is 2.43. The molecule has 0 fully saturated rings. The molecule has 0 saturated carbocycles. The van der Waals surface area contributed by atoms with E-state index >= 15 is 0 Å². The lowest BCUT2D eigenvalue weighted by Gasteiger charge is -2.17. The van der Waals surface area contributed by atoms with Gasteiger partial charge in [0, 0.05) is 29.5 Å². The number of furan rings is 1. The molecule has 6 heteroatoms. The Bertz CT molecular complexity index is 1350. The van der Waals surface area contributed by atoms with Crippen molar-refractivity contribution in [3.63, 3.8) is 0 Å². The Labute approximate surface area is 172 Å². The molecule has 2 aromatic carbocycles. The lowest BCUT2D eigenvalue weighted by Crippen LogP contribution is -2.24. The lowest BCUT2D eigenvalue weighted by atomic mass is 10.0. The van der Waals surface area contributed by atoms with E-state index in [-0.39, 0.29) is 11.3 Å². The molecule has 2 aromatic heterocycles. The van der Waals surface area contributed by atoms with Crippen molar-refractivity contribution in [3.8, 4) is 22.8 Å². The van der Waals surface area contributed by atoms with Gasteiger partial charge in [-0.1, -0.05) is 24.3 Å². The zero-order valence-corrected chi connectivity index (χ0v) is 16.6. The van der Waals surface area contributed by atoms with Gasteiger partial charge in [-0.2, -0.15) is 0 Å². The van der Waals surface area contributed by atoms with Crippen LogP contribution in [0, 0.1) is 0 Å². The number of hydrogen-bond acceptors (Lipinski definition) is 5. The number of nitrogens with zero attached hydrogens (tertiary/aromatic N) is 1. The Morgan fingerprint density at radius 2 is 1.73 bits per heavy atom. The van der Waals surface area contributed by atoms with Crippen LogP contribution in [-0.4, -0.2) is 24.6 Å². The first-order valence-electron chi connectivity index (χ1n) is 9.63. The normalized spacial score (nSPS) is 12.1. The molecule has 5 rings (SSSR count). The molecule has 0 amide bonds. The Balaban J connectivity index is 1.86. The van der Waals surface area contributed by atoms with Crippen LogP contribution in [0.5, 0.6) is 11.5 Å². The predicted molar refractivity (Wildman–Crippen MR) is 113 cm³/mol. The van der Waals surface area contributed by atoms with Crippen molar-refractivity contribution >= 4 is 16.6 Å². The minimum absolute atomic E-state index is 0.0930. The summed E-state index contributed by atoms with van der Waals surface area (Å²) in [6, 6.07) is 14.6. The number of rotatable bonds is 5. The fraction of sp³-hybridized carbons (Fsp3) is 0.167. The van der Waals surface area contributed by atoms with Gasteiger partial charge in [-0.05, 0) is 24.3 Å². The van der Waals surface area contributed by atoms with Crippen LogP contribution in [0.1, 0.15) is 21.7 Å². The first-order valence-corrected chi connectivity index (χ1v) is 9.63. The minimum atomic E-state index is -0.226. The predicted octanol–water partition coefficient (Wildman–Crippen LogP) is 4.07. The minimum Gasteiger partial charge on any atom is -0.493 e. The summed E-state index contributed by atoms with van der Waals surface area (Å²) in [6.07, 6.45) is 2.13. The van der Waals surface area contributed by atoms with Crippen molar-refractivity contribution < 1.29 is 18.7 Å². The number of hydrogen-bond donors (Lipinski definition) is 0. The molecule has 2 heterocycles. The van der Waals surface area contributed by atoms with Crippen molar-refractivity contribution in [2.45, 2.75) is 13.0 Å². The zero-order chi connectivity index (χ0) is 20.8. The number of aromatic nitrogens is 1. The van der Waals surface area contributed by atoms with E-state index in [1.54, 1.807) is 29.0 Å². The summed E-state index contributed by atoms with van der Waals surface area (Å²) in [6.45, 7) is 0.368. The molecular formula is C24H19NO5.